The van der Waals surface area contributed by atoms with E-state index < -0.39 is 0 Å². The standard InChI is InChI=1S/C12H11P.C10H23N/c1-3-7-11(8-4-1)13-12-9-5-2-6-10-12;1-2-3-4-5-6-7-8-9-10-11/h1-10,13H;2-11H2,1H3. The summed E-state index contributed by atoms with van der Waals surface area (Å²) in [6.07, 6.45) is 11.0. The fourth-order valence-corrected chi connectivity index (χ4v) is 3.54. The lowest BCUT2D eigenvalue weighted by Crippen LogP contribution is -2.01. The van der Waals surface area contributed by atoms with Gasteiger partial charge in [-0.05, 0) is 23.6 Å². The summed E-state index contributed by atoms with van der Waals surface area (Å²) in [6.45, 7) is 3.13. The van der Waals surface area contributed by atoms with Crippen molar-refractivity contribution in [3.63, 3.8) is 0 Å². The minimum absolute atomic E-state index is 0.777. The van der Waals surface area contributed by atoms with Gasteiger partial charge in [0, 0.05) is 0 Å². The van der Waals surface area contributed by atoms with Crippen LogP contribution in [0.15, 0.2) is 60.7 Å². The number of hydrogen-bond acceptors (Lipinski definition) is 1. The van der Waals surface area contributed by atoms with Gasteiger partial charge in [0.2, 0.25) is 0 Å². The van der Waals surface area contributed by atoms with E-state index in [1.807, 2.05) is 0 Å². The maximum atomic E-state index is 5.39. The van der Waals surface area contributed by atoms with Crippen molar-refractivity contribution in [2.45, 2.75) is 58.3 Å². The third-order valence-electron chi connectivity index (χ3n) is 3.89. The van der Waals surface area contributed by atoms with Gasteiger partial charge in [0.1, 0.15) is 0 Å². The van der Waals surface area contributed by atoms with Crippen LogP contribution in [0.1, 0.15) is 58.3 Å². The molecule has 1 nitrogen and oxygen atoms in total. The molecule has 2 heteroatoms. The number of nitrogens with two attached hydrogens (primary N) is 1. The zero-order valence-electron chi connectivity index (χ0n) is 15.2. The molecular formula is C22H34NP. The highest BCUT2D eigenvalue weighted by atomic mass is 31.1. The first-order valence-electron chi connectivity index (χ1n) is 9.44. The molecule has 24 heavy (non-hydrogen) atoms. The lowest BCUT2D eigenvalue weighted by Gasteiger charge is -2.00. The first kappa shape index (κ1) is 20.9. The Morgan fingerprint density at radius 2 is 1.04 bits per heavy atom. The number of rotatable bonds is 10. The summed E-state index contributed by atoms with van der Waals surface area (Å²) < 4.78 is 0. The summed E-state index contributed by atoms with van der Waals surface area (Å²) in [4.78, 5) is 0. The van der Waals surface area contributed by atoms with E-state index >= 15 is 0 Å². The first-order chi connectivity index (χ1) is 11.9. The molecule has 0 amide bonds. The molecule has 0 aliphatic rings. The van der Waals surface area contributed by atoms with Crippen LogP contribution in [0.5, 0.6) is 0 Å². The van der Waals surface area contributed by atoms with Crippen LogP contribution in [-0.2, 0) is 0 Å². The van der Waals surface area contributed by atoms with Gasteiger partial charge in [0.15, 0.2) is 0 Å². The maximum Gasteiger partial charge on any atom is -0.00773 e. The molecule has 132 valence electrons. The van der Waals surface area contributed by atoms with Gasteiger partial charge >= 0.3 is 0 Å². The second kappa shape index (κ2) is 15.4. The highest BCUT2D eigenvalue weighted by molar-refractivity contribution is 7.55. The van der Waals surface area contributed by atoms with Gasteiger partial charge in [-0.25, -0.2) is 0 Å². The fourth-order valence-electron chi connectivity index (χ4n) is 2.49. The fraction of sp³-hybridized carbons (Fsp3) is 0.455. The largest absolute Gasteiger partial charge is 0.330 e. The van der Waals surface area contributed by atoms with Crippen molar-refractivity contribution in [2.75, 3.05) is 6.54 Å². The van der Waals surface area contributed by atoms with E-state index in [9.17, 15) is 0 Å². The molecule has 0 spiro atoms. The van der Waals surface area contributed by atoms with Crippen molar-refractivity contribution in [3.05, 3.63) is 60.7 Å². The van der Waals surface area contributed by atoms with Gasteiger partial charge in [-0.3, -0.25) is 0 Å². The van der Waals surface area contributed by atoms with Gasteiger partial charge in [-0.15, -0.1) is 0 Å². The van der Waals surface area contributed by atoms with Crippen LogP contribution in [0.4, 0.5) is 0 Å². The van der Waals surface area contributed by atoms with Crippen LogP contribution < -0.4 is 16.3 Å². The molecule has 0 aromatic heterocycles. The third-order valence-corrected chi connectivity index (χ3v) is 5.14. The average molecular weight is 343 g/mol. The van der Waals surface area contributed by atoms with Gasteiger partial charge in [-0.1, -0.05) is 121 Å². The molecule has 0 saturated heterocycles. The monoisotopic (exact) mass is 343 g/mol. The van der Waals surface area contributed by atoms with Crippen molar-refractivity contribution in [3.8, 4) is 0 Å². The predicted octanol–water partition coefficient (Wildman–Crippen LogP) is 5.40. The average Bonchev–Trinajstić information content (AvgIpc) is 2.63. The second-order valence-electron chi connectivity index (χ2n) is 6.12. The smallest absolute Gasteiger partial charge is 0.00773 e. The summed E-state index contributed by atoms with van der Waals surface area (Å²) >= 11 is 0. The van der Waals surface area contributed by atoms with Crippen molar-refractivity contribution in [1.29, 1.82) is 0 Å². The molecule has 0 aliphatic heterocycles. The Kier molecular flexibility index (Phi) is 13.4. The van der Waals surface area contributed by atoms with E-state index in [0.29, 0.717) is 0 Å². The van der Waals surface area contributed by atoms with Crippen LogP contribution in [0.25, 0.3) is 0 Å². The number of hydrogen-bond donors (Lipinski definition) is 1. The van der Waals surface area contributed by atoms with Gasteiger partial charge in [0.25, 0.3) is 0 Å². The Hall–Kier alpha value is -1.17. The summed E-state index contributed by atoms with van der Waals surface area (Å²) in [5, 5.41) is 2.79. The van der Waals surface area contributed by atoms with E-state index in [2.05, 4.69) is 67.6 Å². The molecule has 2 aromatic carbocycles. The Labute approximate surface area is 150 Å². The maximum absolute atomic E-state index is 5.39. The normalized spacial score (nSPS) is 10.1. The molecule has 0 bridgehead atoms. The second-order valence-corrected chi connectivity index (χ2v) is 7.53. The van der Waals surface area contributed by atoms with Crippen molar-refractivity contribution < 1.29 is 0 Å². The summed E-state index contributed by atoms with van der Waals surface area (Å²) in [7, 11) is 0.777. The summed E-state index contributed by atoms with van der Waals surface area (Å²) in [5.41, 5.74) is 5.39. The van der Waals surface area contributed by atoms with Crippen LogP contribution in [0.3, 0.4) is 0 Å². The molecule has 0 fully saturated rings. The SMILES string of the molecule is CCCCCCCCCCN.c1ccc(Pc2ccccc2)cc1. The van der Waals surface area contributed by atoms with Crippen LogP contribution in [0, 0.1) is 0 Å². The predicted molar refractivity (Wildman–Crippen MR) is 112 cm³/mol. The Morgan fingerprint density at radius 1 is 0.625 bits per heavy atom. The highest BCUT2D eigenvalue weighted by Gasteiger charge is 1.92. The van der Waals surface area contributed by atoms with E-state index in [-0.39, 0.29) is 0 Å². The van der Waals surface area contributed by atoms with Crippen LogP contribution in [0.2, 0.25) is 0 Å². The molecule has 0 aliphatic carbocycles. The van der Waals surface area contributed by atoms with Gasteiger partial charge in [0.05, 0.1) is 0 Å². The quantitative estimate of drug-likeness (QED) is 0.453. The first-order valence-corrected chi connectivity index (χ1v) is 10.4. The molecule has 2 N–H and O–H groups in total. The Morgan fingerprint density at radius 3 is 1.46 bits per heavy atom. The van der Waals surface area contributed by atoms with Crippen molar-refractivity contribution >= 4 is 19.2 Å². The zero-order valence-corrected chi connectivity index (χ0v) is 16.2. The molecule has 0 heterocycles. The molecule has 0 unspecified atom stereocenters. The van der Waals surface area contributed by atoms with E-state index in [4.69, 9.17) is 5.73 Å². The van der Waals surface area contributed by atoms with Gasteiger partial charge < -0.3 is 5.73 Å². The Balaban J connectivity index is 0.000000245. The molecule has 0 radical (unpaired) electrons. The van der Waals surface area contributed by atoms with E-state index in [1.165, 1.54) is 62.0 Å². The zero-order chi connectivity index (χ0) is 17.3. The molecule has 2 rings (SSSR count). The summed E-state index contributed by atoms with van der Waals surface area (Å²) in [6, 6.07) is 21.2. The lowest BCUT2D eigenvalue weighted by atomic mass is 10.1. The minimum atomic E-state index is 0.777. The molecular weight excluding hydrogens is 309 g/mol. The number of unbranched alkanes of at least 4 members (excludes halogenated alkanes) is 7. The molecule has 0 saturated carbocycles. The highest BCUT2D eigenvalue weighted by Crippen LogP contribution is 2.09. The third kappa shape index (κ3) is 11.4. The molecule has 0 atom stereocenters. The topological polar surface area (TPSA) is 26.0 Å². The van der Waals surface area contributed by atoms with Crippen LogP contribution >= 0.6 is 8.58 Å². The molecule has 2 aromatic rings. The van der Waals surface area contributed by atoms with E-state index in [1.54, 1.807) is 0 Å². The van der Waals surface area contributed by atoms with Crippen molar-refractivity contribution in [1.82, 2.24) is 0 Å². The van der Waals surface area contributed by atoms with E-state index in [0.717, 1.165) is 15.1 Å². The summed E-state index contributed by atoms with van der Waals surface area (Å²) in [5.74, 6) is 0. The Bertz CT molecular complexity index is 438. The van der Waals surface area contributed by atoms with Crippen LogP contribution in [-0.4, -0.2) is 6.54 Å². The minimum Gasteiger partial charge on any atom is -0.330 e. The lowest BCUT2D eigenvalue weighted by molar-refractivity contribution is 0.578. The van der Waals surface area contributed by atoms with Gasteiger partial charge in [-0.2, -0.15) is 0 Å². The van der Waals surface area contributed by atoms with Crippen molar-refractivity contribution in [2.24, 2.45) is 5.73 Å². The number of benzene rings is 2.